The van der Waals surface area contributed by atoms with E-state index in [4.69, 9.17) is 10.00 Å². The van der Waals surface area contributed by atoms with Crippen LogP contribution in [-0.4, -0.2) is 63.4 Å². The summed E-state index contributed by atoms with van der Waals surface area (Å²) in [6, 6.07) is 8.38. The van der Waals surface area contributed by atoms with Crippen LogP contribution in [0.25, 0.3) is 6.08 Å². The molecule has 1 fully saturated rings. The van der Waals surface area contributed by atoms with E-state index in [1.54, 1.807) is 25.3 Å². The van der Waals surface area contributed by atoms with Gasteiger partial charge in [-0.2, -0.15) is 9.57 Å². The Morgan fingerprint density at radius 2 is 1.96 bits per heavy atom. The normalized spacial score (nSPS) is 15.8. The summed E-state index contributed by atoms with van der Waals surface area (Å²) in [7, 11) is -1.88. The predicted molar refractivity (Wildman–Crippen MR) is 92.9 cm³/mol. The summed E-state index contributed by atoms with van der Waals surface area (Å²) in [5.41, 5.74) is 0.725. The zero-order valence-corrected chi connectivity index (χ0v) is 14.9. The molecule has 0 radical (unpaired) electrons. The molecule has 7 nitrogen and oxygen atoms in total. The zero-order valence-electron chi connectivity index (χ0n) is 14.1. The number of amides is 1. The minimum Gasteiger partial charge on any atom is -0.379 e. The van der Waals surface area contributed by atoms with E-state index in [2.05, 4.69) is 0 Å². The number of morpholine rings is 1. The molecule has 8 heteroatoms. The molecule has 1 aliphatic heterocycles. The molecule has 0 aromatic heterocycles. The molecule has 0 bridgehead atoms. The minimum absolute atomic E-state index is 0.208. The molecule has 1 aromatic carbocycles. The summed E-state index contributed by atoms with van der Waals surface area (Å²) in [6.07, 6.45) is 3.31. The lowest BCUT2D eigenvalue weighted by molar-refractivity contribution is -0.124. The third-order valence-corrected chi connectivity index (χ3v) is 5.75. The molecule has 0 saturated carbocycles. The predicted octanol–water partition coefficient (Wildman–Crippen LogP) is 1.09. The summed E-state index contributed by atoms with van der Waals surface area (Å²) in [4.78, 5) is 13.6. The number of nitriles is 1. The van der Waals surface area contributed by atoms with Crippen molar-refractivity contribution in [3.05, 3.63) is 35.9 Å². The van der Waals surface area contributed by atoms with E-state index in [-0.39, 0.29) is 17.2 Å². The van der Waals surface area contributed by atoms with Crippen molar-refractivity contribution < 1.29 is 17.9 Å². The second kappa shape index (κ2) is 8.76. The highest BCUT2D eigenvalue weighted by Gasteiger charge is 2.25. The van der Waals surface area contributed by atoms with Gasteiger partial charge in [0, 0.05) is 32.8 Å². The fourth-order valence-corrected chi connectivity index (χ4v) is 3.72. The Morgan fingerprint density at radius 1 is 1.32 bits per heavy atom. The molecule has 0 spiro atoms. The fourth-order valence-electron chi connectivity index (χ4n) is 2.31. The molecule has 25 heavy (non-hydrogen) atoms. The van der Waals surface area contributed by atoms with Crippen LogP contribution < -0.4 is 0 Å². The summed E-state index contributed by atoms with van der Waals surface area (Å²) in [5, 5.41) is 8.53. The van der Waals surface area contributed by atoms with E-state index in [0.717, 1.165) is 5.56 Å². The van der Waals surface area contributed by atoms with E-state index in [9.17, 15) is 13.2 Å². The zero-order chi connectivity index (χ0) is 18.3. The largest absolute Gasteiger partial charge is 0.379 e. The Morgan fingerprint density at radius 3 is 2.56 bits per heavy atom. The molecular weight excluding hydrogens is 342 g/mol. The van der Waals surface area contributed by atoms with Gasteiger partial charge < -0.3 is 9.64 Å². The number of hydrogen-bond donors (Lipinski definition) is 0. The SMILES string of the molecule is CN(CCC#N)C(=O)/C=C/c1ccc(S(=O)(=O)N2CCOCC2)cc1. The highest BCUT2D eigenvalue weighted by molar-refractivity contribution is 7.89. The number of carbonyl (C=O) groups excluding carboxylic acids is 1. The smallest absolute Gasteiger partial charge is 0.246 e. The third kappa shape index (κ3) is 5.13. The molecular formula is C17H21N3O4S. The van der Waals surface area contributed by atoms with Gasteiger partial charge in [0.25, 0.3) is 0 Å². The highest BCUT2D eigenvalue weighted by Crippen LogP contribution is 2.18. The lowest BCUT2D eigenvalue weighted by atomic mass is 10.2. The summed E-state index contributed by atoms with van der Waals surface area (Å²) >= 11 is 0. The van der Waals surface area contributed by atoms with Crippen LogP contribution in [0.4, 0.5) is 0 Å². The topological polar surface area (TPSA) is 90.7 Å². The van der Waals surface area contributed by atoms with Gasteiger partial charge in [-0.25, -0.2) is 8.42 Å². The molecule has 0 aliphatic carbocycles. The Labute approximate surface area is 148 Å². The highest BCUT2D eigenvalue weighted by atomic mass is 32.2. The summed E-state index contributed by atoms with van der Waals surface area (Å²) < 4.78 is 31.6. The van der Waals surface area contributed by atoms with E-state index in [1.807, 2.05) is 6.07 Å². The summed E-state index contributed by atoms with van der Waals surface area (Å²) in [6.45, 7) is 1.89. The van der Waals surface area contributed by atoms with Gasteiger partial charge in [-0.1, -0.05) is 12.1 Å². The maximum absolute atomic E-state index is 12.5. The van der Waals surface area contributed by atoms with Crippen LogP contribution in [-0.2, 0) is 19.6 Å². The lowest BCUT2D eigenvalue weighted by Gasteiger charge is -2.26. The van der Waals surface area contributed by atoms with Crippen molar-refractivity contribution in [3.63, 3.8) is 0 Å². The lowest BCUT2D eigenvalue weighted by Crippen LogP contribution is -2.40. The van der Waals surface area contributed by atoms with Crippen molar-refractivity contribution in [2.45, 2.75) is 11.3 Å². The van der Waals surface area contributed by atoms with Crippen LogP contribution in [0, 0.1) is 11.3 Å². The van der Waals surface area contributed by atoms with Gasteiger partial charge >= 0.3 is 0 Å². The number of rotatable bonds is 6. The first-order valence-corrected chi connectivity index (χ1v) is 9.37. The Balaban J connectivity index is 2.03. The summed E-state index contributed by atoms with van der Waals surface area (Å²) in [5.74, 6) is -0.208. The molecule has 1 saturated heterocycles. The van der Waals surface area contributed by atoms with E-state index in [1.165, 1.54) is 27.4 Å². The van der Waals surface area contributed by atoms with Gasteiger partial charge in [0.05, 0.1) is 30.6 Å². The number of likely N-dealkylation sites (N-methyl/N-ethyl adjacent to an activating group) is 1. The maximum Gasteiger partial charge on any atom is 0.246 e. The molecule has 1 heterocycles. The van der Waals surface area contributed by atoms with Crippen LogP contribution in [0.2, 0.25) is 0 Å². The van der Waals surface area contributed by atoms with Crippen molar-refractivity contribution >= 4 is 22.0 Å². The van der Waals surface area contributed by atoms with Crippen LogP contribution in [0.15, 0.2) is 35.2 Å². The van der Waals surface area contributed by atoms with Crippen LogP contribution in [0.5, 0.6) is 0 Å². The average molecular weight is 363 g/mol. The Kier molecular flexibility index (Phi) is 6.70. The molecule has 0 N–H and O–H groups in total. The number of hydrogen-bond acceptors (Lipinski definition) is 5. The van der Waals surface area contributed by atoms with Crippen LogP contribution in [0.1, 0.15) is 12.0 Å². The van der Waals surface area contributed by atoms with Gasteiger partial charge in [0.2, 0.25) is 15.9 Å². The minimum atomic E-state index is -3.51. The Hall–Kier alpha value is -2.21. The third-order valence-electron chi connectivity index (χ3n) is 3.84. The van der Waals surface area contributed by atoms with Gasteiger partial charge in [-0.15, -0.1) is 0 Å². The first-order chi connectivity index (χ1) is 11.9. The Bertz CT molecular complexity index is 760. The van der Waals surface area contributed by atoms with Crippen LogP contribution in [0.3, 0.4) is 0 Å². The number of carbonyl (C=O) groups is 1. The number of nitrogens with zero attached hydrogens (tertiary/aromatic N) is 3. The molecule has 1 aliphatic rings. The van der Waals surface area contributed by atoms with Gasteiger partial charge in [-0.05, 0) is 23.8 Å². The molecule has 0 unspecified atom stereocenters. The van der Waals surface area contributed by atoms with Crippen molar-refractivity contribution in [3.8, 4) is 6.07 Å². The second-order valence-corrected chi connectivity index (χ2v) is 7.52. The van der Waals surface area contributed by atoms with Crippen molar-refractivity contribution in [1.29, 1.82) is 5.26 Å². The van der Waals surface area contributed by atoms with E-state index in [0.29, 0.717) is 32.8 Å². The van der Waals surface area contributed by atoms with Gasteiger partial charge in [0.1, 0.15) is 0 Å². The van der Waals surface area contributed by atoms with Gasteiger partial charge in [0.15, 0.2) is 0 Å². The molecule has 1 amide bonds. The van der Waals surface area contributed by atoms with Crippen LogP contribution >= 0.6 is 0 Å². The number of ether oxygens (including phenoxy) is 1. The van der Waals surface area contributed by atoms with Gasteiger partial charge in [-0.3, -0.25) is 4.79 Å². The quantitative estimate of drug-likeness (QED) is 0.706. The second-order valence-electron chi connectivity index (χ2n) is 5.59. The fraction of sp³-hybridized carbons (Fsp3) is 0.412. The van der Waals surface area contributed by atoms with Crippen molar-refractivity contribution in [2.75, 3.05) is 39.9 Å². The molecule has 2 rings (SSSR count). The monoisotopic (exact) mass is 363 g/mol. The van der Waals surface area contributed by atoms with Crippen molar-refractivity contribution in [2.24, 2.45) is 0 Å². The van der Waals surface area contributed by atoms with E-state index >= 15 is 0 Å². The van der Waals surface area contributed by atoms with Crippen molar-refractivity contribution in [1.82, 2.24) is 9.21 Å². The maximum atomic E-state index is 12.5. The number of benzene rings is 1. The molecule has 1 aromatic rings. The molecule has 134 valence electrons. The van der Waals surface area contributed by atoms with E-state index < -0.39 is 10.0 Å². The first kappa shape index (κ1) is 19.1. The average Bonchev–Trinajstić information content (AvgIpc) is 2.65. The molecule has 0 atom stereocenters. The standard InChI is InChI=1S/C17H21N3O4S/c1-19(10-2-9-18)17(21)8-5-15-3-6-16(7-4-15)25(22,23)20-11-13-24-14-12-20/h3-8H,2,10-14H2,1H3/b8-5+. The first-order valence-electron chi connectivity index (χ1n) is 7.93. The number of sulfonamides is 1.